The van der Waals surface area contributed by atoms with Gasteiger partial charge in [0.1, 0.15) is 0 Å². The van der Waals surface area contributed by atoms with Crippen molar-refractivity contribution in [2.45, 2.75) is 40.0 Å². The van der Waals surface area contributed by atoms with Gasteiger partial charge in [0.05, 0.1) is 0 Å². The number of fused-ring (bicyclic) bond motifs is 9. The Hall–Kier alpha value is -5.21. The summed E-state index contributed by atoms with van der Waals surface area (Å²) in [5.74, 6) is -0.756. The van der Waals surface area contributed by atoms with Crippen LogP contribution in [0.5, 0.6) is 0 Å². The summed E-state index contributed by atoms with van der Waals surface area (Å²) in [5, 5.41) is 12.1. The second-order valence-electron chi connectivity index (χ2n) is 13.6. The van der Waals surface area contributed by atoms with E-state index in [0.717, 1.165) is 33.5 Å². The Morgan fingerprint density at radius 3 is 1.75 bits per heavy atom. The second-order valence-corrected chi connectivity index (χ2v) is 13.6. The normalized spacial score (nSPS) is 12.7. The third kappa shape index (κ3) is 7.00. The Morgan fingerprint density at radius 1 is 0.538 bits per heavy atom. The Morgan fingerprint density at radius 2 is 1.08 bits per heavy atom. The molecule has 0 saturated carbocycles. The number of aromatic nitrogens is 2. The first-order chi connectivity index (χ1) is 26.0. The van der Waals surface area contributed by atoms with Crippen LogP contribution in [0.2, 0.25) is 0 Å². The second kappa shape index (κ2) is 15.2. The Bertz CT molecular complexity index is 2810. The molecule has 0 aliphatic heterocycles. The number of rotatable bonds is 5. The average molecular weight is 852 g/mol. The zero-order chi connectivity index (χ0) is 37.6. The maximum Gasteiger partial charge on any atom is 0.0346 e. The smallest absolute Gasteiger partial charge is 0.0346 e. The van der Waals surface area contributed by atoms with Crippen LogP contribution in [0.1, 0.15) is 48.8 Å². The summed E-state index contributed by atoms with van der Waals surface area (Å²) >= 11 is 0. The molecule has 9 rings (SSSR count). The third-order valence-electron chi connectivity index (χ3n) is 9.46. The van der Waals surface area contributed by atoms with Crippen LogP contribution in [-0.2, 0) is 26.5 Å². The number of nitrogens with zero attached hydrogens (tertiary/aromatic N) is 2. The van der Waals surface area contributed by atoms with Crippen LogP contribution in [0, 0.1) is 18.1 Å². The molecule has 1 radical (unpaired) electrons. The molecular weight excluding hydrogens is 809 g/mol. The zero-order valence-electron chi connectivity index (χ0n) is 32.7. The number of hydrogen-bond donors (Lipinski definition) is 0. The molecule has 0 N–H and O–H groups in total. The Labute approximate surface area is 324 Å². The molecule has 0 spiro atoms. The topological polar surface area (TPSA) is 25.8 Å². The van der Waals surface area contributed by atoms with Crippen LogP contribution in [0.25, 0.3) is 76.4 Å². The summed E-state index contributed by atoms with van der Waals surface area (Å²) in [6, 6.07) is 52.3. The summed E-state index contributed by atoms with van der Waals surface area (Å²) in [6.07, 6.45) is 2.07. The van der Waals surface area contributed by atoms with Gasteiger partial charge in [-0.3, -0.25) is 0 Å². The molecule has 0 fully saturated rings. The summed E-state index contributed by atoms with van der Waals surface area (Å²) in [6.45, 7) is 7.59. The van der Waals surface area contributed by atoms with Crippen molar-refractivity contribution in [3.05, 3.63) is 169 Å². The molecule has 0 aliphatic carbocycles. The van der Waals surface area contributed by atoms with Gasteiger partial charge in [0.25, 0.3) is 0 Å². The van der Waals surface area contributed by atoms with Crippen LogP contribution in [0.3, 0.4) is 0 Å². The van der Waals surface area contributed by atoms with Crippen LogP contribution < -0.4 is 0 Å². The standard InChI is InChI=1S/C27H22N.C22H18N.Ir/c1-18(2)15-19-13-14-28-27(16-19)20-11-12-25-23-9-4-3-7-21(23)22-8-5-6-10-24(22)26(25)17-20;1-15(2)17-11-12-23-22(14-17)19-9-10-21-18(13-19)8-7-16-5-3-4-6-20(16)21;/h3-10,12-14,16-18H,15H2,1-2H3;3-8,10-15H,1-2H3;/q2*-1;/i15D2;15D;. The number of hydrogen-bond acceptors (Lipinski definition) is 2. The van der Waals surface area contributed by atoms with Crippen LogP contribution in [-0.4, -0.2) is 9.97 Å². The first-order valence-electron chi connectivity index (χ1n) is 19.0. The maximum atomic E-state index is 8.44. The van der Waals surface area contributed by atoms with Gasteiger partial charge in [-0.05, 0) is 63.3 Å². The summed E-state index contributed by atoms with van der Waals surface area (Å²) in [7, 11) is 0. The summed E-state index contributed by atoms with van der Waals surface area (Å²) < 4.78 is 25.1. The van der Waals surface area contributed by atoms with Crippen molar-refractivity contribution in [1.82, 2.24) is 9.97 Å². The zero-order valence-corrected chi connectivity index (χ0v) is 32.1. The van der Waals surface area contributed by atoms with Crippen molar-refractivity contribution >= 4 is 53.9 Å². The maximum absolute atomic E-state index is 8.44. The van der Waals surface area contributed by atoms with Gasteiger partial charge in [0, 0.05) is 36.6 Å². The van der Waals surface area contributed by atoms with Gasteiger partial charge in [-0.25, -0.2) is 0 Å². The van der Waals surface area contributed by atoms with E-state index in [-0.39, 0.29) is 26.0 Å². The molecule has 3 heteroatoms. The van der Waals surface area contributed by atoms with E-state index in [0.29, 0.717) is 5.56 Å². The van der Waals surface area contributed by atoms with Crippen molar-refractivity contribution in [2.75, 3.05) is 0 Å². The van der Waals surface area contributed by atoms with Crippen LogP contribution in [0.15, 0.2) is 146 Å². The molecule has 0 amide bonds. The molecule has 7 aromatic carbocycles. The first-order valence-corrected chi connectivity index (χ1v) is 17.5. The van der Waals surface area contributed by atoms with Crippen molar-refractivity contribution in [1.29, 1.82) is 0 Å². The molecule has 2 nitrogen and oxygen atoms in total. The molecular formula is C49H40IrN2-2. The Balaban J connectivity index is 0.000000170. The van der Waals surface area contributed by atoms with E-state index in [1.165, 1.54) is 48.5 Å². The quantitative estimate of drug-likeness (QED) is 0.127. The number of pyridine rings is 2. The molecule has 2 aromatic heterocycles. The molecule has 0 saturated heterocycles. The minimum Gasteiger partial charge on any atom is -0.305 e. The molecule has 52 heavy (non-hydrogen) atoms. The average Bonchev–Trinajstić information content (AvgIpc) is 3.20. The Kier molecular flexibility index (Phi) is 9.20. The SMILES string of the molecule is [2H]C(C)(C)c1ccnc(-c2[c-]cc3c(ccc4ccccc43)c2)c1.[2H]C([2H])(c1ccnc(-c2[c-]cc3c4ccccc4c4ccccc4c3c2)c1)C(C)C.[Ir]. The van der Waals surface area contributed by atoms with E-state index in [9.17, 15) is 0 Å². The van der Waals surface area contributed by atoms with Gasteiger partial charge in [0.15, 0.2) is 0 Å². The molecule has 0 bridgehead atoms. The van der Waals surface area contributed by atoms with Gasteiger partial charge < -0.3 is 9.97 Å². The van der Waals surface area contributed by atoms with E-state index in [1.807, 2.05) is 58.0 Å². The van der Waals surface area contributed by atoms with Gasteiger partial charge in [-0.1, -0.05) is 163 Å². The summed E-state index contributed by atoms with van der Waals surface area (Å²) in [4.78, 5) is 9.01. The summed E-state index contributed by atoms with van der Waals surface area (Å²) in [5.41, 5.74) is 5.06. The van der Waals surface area contributed by atoms with Gasteiger partial charge in [-0.2, -0.15) is 0 Å². The minimum atomic E-state index is -1.41. The van der Waals surface area contributed by atoms with Crippen molar-refractivity contribution < 1.29 is 24.2 Å². The van der Waals surface area contributed by atoms with Crippen LogP contribution in [0.4, 0.5) is 0 Å². The third-order valence-corrected chi connectivity index (χ3v) is 9.46. The molecule has 0 aliphatic rings. The van der Waals surface area contributed by atoms with Crippen molar-refractivity contribution in [3.8, 4) is 22.5 Å². The largest absolute Gasteiger partial charge is 0.305 e. The monoisotopic (exact) mass is 852 g/mol. The fraction of sp³-hybridized carbons (Fsp3) is 0.143. The fourth-order valence-electron chi connectivity index (χ4n) is 6.97. The van der Waals surface area contributed by atoms with Gasteiger partial charge in [0.2, 0.25) is 0 Å². The molecule has 0 atom stereocenters. The predicted molar refractivity (Wildman–Crippen MR) is 217 cm³/mol. The van der Waals surface area contributed by atoms with Gasteiger partial charge >= 0.3 is 0 Å². The molecule has 2 heterocycles. The fourth-order valence-corrected chi connectivity index (χ4v) is 6.97. The molecule has 9 aromatic rings. The van der Waals surface area contributed by atoms with E-state index < -0.39 is 12.3 Å². The van der Waals surface area contributed by atoms with Crippen molar-refractivity contribution in [3.63, 3.8) is 0 Å². The van der Waals surface area contributed by atoms with E-state index in [2.05, 4.69) is 119 Å². The van der Waals surface area contributed by atoms with E-state index in [4.69, 9.17) is 4.11 Å². The first kappa shape index (κ1) is 31.5. The molecule has 257 valence electrons. The van der Waals surface area contributed by atoms with E-state index >= 15 is 0 Å². The van der Waals surface area contributed by atoms with Gasteiger partial charge in [-0.15, -0.1) is 52.9 Å². The minimum absolute atomic E-state index is 0. The molecule has 0 unspecified atom stereocenters. The van der Waals surface area contributed by atoms with Crippen LogP contribution >= 0.6 is 0 Å². The van der Waals surface area contributed by atoms with Crippen molar-refractivity contribution in [2.24, 2.45) is 5.92 Å². The van der Waals surface area contributed by atoms with E-state index in [1.54, 1.807) is 18.5 Å². The number of benzene rings is 7. The predicted octanol–water partition coefficient (Wildman–Crippen LogP) is 13.2.